The number of aliphatic imine (C=N–C) groups is 1. The fourth-order valence-electron chi connectivity index (χ4n) is 3.58. The molecule has 0 aliphatic carbocycles. The molecular weight excluding hydrogens is 457 g/mol. The first-order valence-corrected chi connectivity index (χ1v) is 9.35. The molecule has 0 saturated carbocycles. The van der Waals surface area contributed by atoms with Gasteiger partial charge in [-0.15, -0.1) is 24.0 Å². The van der Waals surface area contributed by atoms with Crippen molar-refractivity contribution in [3.63, 3.8) is 0 Å². The summed E-state index contributed by atoms with van der Waals surface area (Å²) in [6.07, 6.45) is 1.28. The highest BCUT2D eigenvalue weighted by molar-refractivity contribution is 14.0. The van der Waals surface area contributed by atoms with Gasteiger partial charge in [-0.2, -0.15) is 0 Å². The number of morpholine rings is 1. The molecule has 7 nitrogen and oxygen atoms in total. The van der Waals surface area contributed by atoms with Crippen LogP contribution >= 0.6 is 24.0 Å². The van der Waals surface area contributed by atoms with Gasteiger partial charge in [0.15, 0.2) is 5.96 Å². The van der Waals surface area contributed by atoms with Crippen molar-refractivity contribution in [3.05, 3.63) is 24.3 Å². The first-order chi connectivity index (χ1) is 12.7. The zero-order valence-corrected chi connectivity index (χ0v) is 18.8. The Bertz CT molecular complexity index is 616. The standard InChI is InChI=1S/C19H31N5O2.HI/c1-20-19(21-12-16-14-23(2)10-11-26-16)22-15-8-9-24(13-15)17-6-4-5-7-18(17)25-3;/h4-7,15-16H,8-14H2,1-3H3,(H2,20,21,22);1H. The van der Waals surface area contributed by atoms with E-state index >= 15 is 0 Å². The minimum Gasteiger partial charge on any atom is -0.495 e. The van der Waals surface area contributed by atoms with Gasteiger partial charge in [-0.3, -0.25) is 4.99 Å². The number of nitrogens with one attached hydrogen (secondary N) is 2. The lowest BCUT2D eigenvalue weighted by molar-refractivity contribution is -0.0161. The summed E-state index contributed by atoms with van der Waals surface area (Å²) in [6, 6.07) is 8.55. The smallest absolute Gasteiger partial charge is 0.191 e. The number of nitrogens with zero attached hydrogens (tertiary/aromatic N) is 3. The highest BCUT2D eigenvalue weighted by atomic mass is 127. The molecule has 2 heterocycles. The van der Waals surface area contributed by atoms with Gasteiger partial charge < -0.3 is 29.9 Å². The minimum absolute atomic E-state index is 0. The Labute approximate surface area is 179 Å². The van der Waals surface area contributed by atoms with Crippen LogP contribution in [0.3, 0.4) is 0 Å². The largest absolute Gasteiger partial charge is 0.495 e. The quantitative estimate of drug-likeness (QED) is 0.371. The first-order valence-electron chi connectivity index (χ1n) is 9.35. The van der Waals surface area contributed by atoms with Crippen LogP contribution in [0.25, 0.3) is 0 Å². The van der Waals surface area contributed by atoms with Crippen molar-refractivity contribution in [2.24, 2.45) is 4.99 Å². The number of hydrogen-bond acceptors (Lipinski definition) is 5. The molecule has 2 aliphatic rings. The summed E-state index contributed by atoms with van der Waals surface area (Å²) < 4.78 is 11.3. The van der Waals surface area contributed by atoms with Crippen LogP contribution in [0.2, 0.25) is 0 Å². The minimum atomic E-state index is 0. The zero-order valence-electron chi connectivity index (χ0n) is 16.5. The number of rotatable bonds is 5. The summed E-state index contributed by atoms with van der Waals surface area (Å²) >= 11 is 0. The molecular formula is C19H32IN5O2. The Kier molecular flexibility index (Phi) is 8.91. The lowest BCUT2D eigenvalue weighted by atomic mass is 10.2. The van der Waals surface area contributed by atoms with Gasteiger partial charge in [0.05, 0.1) is 25.5 Å². The molecule has 3 rings (SSSR count). The van der Waals surface area contributed by atoms with Gasteiger partial charge >= 0.3 is 0 Å². The van der Waals surface area contributed by atoms with Crippen LogP contribution in [0, 0.1) is 0 Å². The zero-order chi connectivity index (χ0) is 18.4. The maximum Gasteiger partial charge on any atom is 0.191 e. The lowest BCUT2D eigenvalue weighted by Crippen LogP contribution is -2.50. The number of anilines is 1. The molecule has 2 aliphatic heterocycles. The van der Waals surface area contributed by atoms with Gasteiger partial charge in [-0.25, -0.2) is 0 Å². The molecule has 0 aromatic heterocycles. The summed E-state index contributed by atoms with van der Waals surface area (Å²) in [4.78, 5) is 9.03. The summed E-state index contributed by atoms with van der Waals surface area (Å²) in [6.45, 7) is 5.47. The average Bonchev–Trinajstić information content (AvgIpc) is 3.13. The second kappa shape index (κ2) is 10.9. The Morgan fingerprint density at radius 2 is 2.11 bits per heavy atom. The number of benzene rings is 1. The van der Waals surface area contributed by atoms with E-state index in [-0.39, 0.29) is 30.1 Å². The molecule has 0 spiro atoms. The van der Waals surface area contributed by atoms with E-state index in [9.17, 15) is 0 Å². The maximum absolute atomic E-state index is 5.80. The third kappa shape index (κ3) is 6.11. The first kappa shape index (κ1) is 22.0. The Morgan fingerprint density at radius 3 is 2.85 bits per heavy atom. The fraction of sp³-hybridized carbons (Fsp3) is 0.632. The number of methoxy groups -OCH3 is 1. The van der Waals surface area contributed by atoms with Gasteiger partial charge in [0, 0.05) is 45.8 Å². The van der Waals surface area contributed by atoms with Crippen molar-refractivity contribution >= 4 is 35.6 Å². The van der Waals surface area contributed by atoms with Crippen LogP contribution in [0.15, 0.2) is 29.3 Å². The predicted octanol–water partition coefficient (Wildman–Crippen LogP) is 1.39. The fourth-order valence-corrected chi connectivity index (χ4v) is 3.58. The van der Waals surface area contributed by atoms with Crippen LogP contribution < -0.4 is 20.3 Å². The van der Waals surface area contributed by atoms with Gasteiger partial charge in [0.1, 0.15) is 5.75 Å². The van der Waals surface area contributed by atoms with Crippen molar-refractivity contribution in [1.82, 2.24) is 15.5 Å². The monoisotopic (exact) mass is 489 g/mol. The van der Waals surface area contributed by atoms with Crippen LogP contribution in [-0.2, 0) is 4.74 Å². The number of guanidine groups is 1. The SMILES string of the molecule is CN=C(NCC1CN(C)CCO1)NC1CCN(c2ccccc2OC)C1.I. The van der Waals surface area contributed by atoms with E-state index in [0.29, 0.717) is 6.04 Å². The van der Waals surface area contributed by atoms with E-state index in [1.807, 2.05) is 19.2 Å². The summed E-state index contributed by atoms with van der Waals surface area (Å²) in [5.74, 6) is 1.77. The van der Waals surface area contributed by atoms with Crippen LogP contribution in [0.4, 0.5) is 5.69 Å². The number of ether oxygens (including phenoxy) is 2. The highest BCUT2D eigenvalue weighted by Gasteiger charge is 2.25. The molecule has 27 heavy (non-hydrogen) atoms. The van der Waals surface area contributed by atoms with E-state index in [1.54, 1.807) is 7.11 Å². The Balaban J connectivity index is 0.00000261. The topological polar surface area (TPSA) is 61.4 Å². The van der Waals surface area contributed by atoms with E-state index in [0.717, 1.165) is 63.1 Å². The average molecular weight is 489 g/mol. The number of para-hydroxylation sites is 2. The van der Waals surface area contributed by atoms with Gasteiger partial charge in [-0.1, -0.05) is 12.1 Å². The number of likely N-dealkylation sites (N-methyl/N-ethyl adjacent to an activating group) is 1. The molecule has 2 saturated heterocycles. The number of halogens is 1. The van der Waals surface area contributed by atoms with Crippen molar-refractivity contribution < 1.29 is 9.47 Å². The third-order valence-corrected chi connectivity index (χ3v) is 5.02. The second-order valence-corrected chi connectivity index (χ2v) is 6.96. The lowest BCUT2D eigenvalue weighted by Gasteiger charge is -2.30. The molecule has 2 atom stereocenters. The molecule has 152 valence electrons. The number of hydrogen-bond donors (Lipinski definition) is 2. The molecule has 1 aromatic carbocycles. The molecule has 2 unspecified atom stereocenters. The van der Waals surface area contributed by atoms with Crippen LogP contribution in [0.5, 0.6) is 5.75 Å². The summed E-state index contributed by atoms with van der Waals surface area (Å²) in [7, 11) is 5.67. The van der Waals surface area contributed by atoms with Crippen molar-refractivity contribution in [3.8, 4) is 5.75 Å². The normalized spacial score (nSPS) is 23.7. The summed E-state index contributed by atoms with van der Waals surface area (Å²) in [5, 5.41) is 6.95. The molecule has 1 aromatic rings. The van der Waals surface area contributed by atoms with Crippen molar-refractivity contribution in [1.29, 1.82) is 0 Å². The van der Waals surface area contributed by atoms with E-state index in [1.165, 1.54) is 0 Å². The second-order valence-electron chi connectivity index (χ2n) is 6.96. The molecule has 0 radical (unpaired) electrons. The molecule has 0 amide bonds. The Morgan fingerprint density at radius 1 is 1.30 bits per heavy atom. The molecule has 2 N–H and O–H groups in total. The molecule has 0 bridgehead atoms. The van der Waals surface area contributed by atoms with Gasteiger partial charge in [0.2, 0.25) is 0 Å². The molecule has 8 heteroatoms. The van der Waals surface area contributed by atoms with Crippen LogP contribution in [0.1, 0.15) is 6.42 Å². The van der Waals surface area contributed by atoms with Crippen molar-refractivity contribution in [2.75, 3.05) is 65.4 Å². The van der Waals surface area contributed by atoms with Gasteiger partial charge in [0.25, 0.3) is 0 Å². The maximum atomic E-state index is 5.80. The Hall–Kier alpha value is -1.26. The van der Waals surface area contributed by atoms with E-state index in [4.69, 9.17) is 9.47 Å². The van der Waals surface area contributed by atoms with Crippen molar-refractivity contribution in [2.45, 2.75) is 18.6 Å². The van der Waals surface area contributed by atoms with Gasteiger partial charge in [-0.05, 0) is 25.6 Å². The summed E-state index contributed by atoms with van der Waals surface area (Å²) in [5.41, 5.74) is 1.15. The third-order valence-electron chi connectivity index (χ3n) is 5.02. The van der Waals surface area contributed by atoms with E-state index in [2.05, 4.69) is 44.6 Å². The predicted molar refractivity (Wildman–Crippen MR) is 121 cm³/mol. The highest BCUT2D eigenvalue weighted by Crippen LogP contribution is 2.30. The molecule has 2 fully saturated rings. The van der Waals surface area contributed by atoms with Crippen LogP contribution in [-0.4, -0.2) is 83.5 Å². The van der Waals surface area contributed by atoms with E-state index < -0.39 is 0 Å².